The number of hydrogen-bond acceptors (Lipinski definition) is 4. The fraction of sp³-hybridized carbons (Fsp3) is 0.438. The van der Waals surface area contributed by atoms with Crippen LogP contribution >= 0.6 is 0 Å². The third kappa shape index (κ3) is 4.39. The lowest BCUT2D eigenvalue weighted by Gasteiger charge is -2.26. The fourth-order valence-corrected chi connectivity index (χ4v) is 2.53. The van der Waals surface area contributed by atoms with Crippen molar-refractivity contribution in [3.8, 4) is 0 Å². The van der Waals surface area contributed by atoms with Gasteiger partial charge in [0.25, 0.3) is 0 Å². The number of ether oxygens (including phenoxy) is 1. The Hall–Kier alpha value is -2.21. The van der Waals surface area contributed by atoms with E-state index in [1.165, 1.54) is 0 Å². The molecular formula is C16H19NO5. The molecule has 0 saturated carbocycles. The van der Waals surface area contributed by atoms with Crippen LogP contribution in [-0.2, 0) is 14.3 Å². The van der Waals surface area contributed by atoms with E-state index in [1.54, 1.807) is 24.3 Å². The van der Waals surface area contributed by atoms with Crippen LogP contribution in [0.15, 0.2) is 30.3 Å². The molecule has 1 aliphatic rings. The molecule has 1 saturated heterocycles. The molecule has 0 spiro atoms. The number of carbonyl (C=O) groups is 3. The lowest BCUT2D eigenvalue weighted by atomic mass is 9.94. The van der Waals surface area contributed by atoms with E-state index in [0.717, 1.165) is 0 Å². The summed E-state index contributed by atoms with van der Waals surface area (Å²) in [5.41, 5.74) is -0.279. The summed E-state index contributed by atoms with van der Waals surface area (Å²) in [6.45, 7) is 0.619. The number of nitrogens with one attached hydrogen (secondary N) is 1. The summed E-state index contributed by atoms with van der Waals surface area (Å²) in [6, 6.07) is 8.77. The van der Waals surface area contributed by atoms with Gasteiger partial charge in [-0.3, -0.25) is 14.4 Å². The zero-order valence-electron chi connectivity index (χ0n) is 12.2. The average Bonchev–Trinajstić information content (AvgIpc) is 2.92. The first-order valence-electron chi connectivity index (χ1n) is 7.20. The fourth-order valence-electron chi connectivity index (χ4n) is 2.53. The van der Waals surface area contributed by atoms with Crippen LogP contribution < -0.4 is 5.32 Å². The quantitative estimate of drug-likeness (QED) is 0.743. The zero-order chi connectivity index (χ0) is 16.0. The first-order chi connectivity index (χ1) is 10.5. The molecule has 1 aromatic carbocycles. The first-order valence-corrected chi connectivity index (χ1v) is 7.20. The van der Waals surface area contributed by atoms with E-state index in [9.17, 15) is 14.4 Å². The lowest BCUT2D eigenvalue weighted by molar-refractivity contribution is -0.139. The zero-order valence-corrected chi connectivity index (χ0v) is 12.2. The van der Waals surface area contributed by atoms with Gasteiger partial charge in [-0.25, -0.2) is 0 Å². The number of Topliss-reactive ketones (excluding diaryl/α,β-unsaturated/α-hetero) is 1. The molecular weight excluding hydrogens is 286 g/mol. The number of hydrogen-bond donors (Lipinski definition) is 2. The molecule has 6 nitrogen and oxygen atoms in total. The highest BCUT2D eigenvalue weighted by atomic mass is 16.5. The van der Waals surface area contributed by atoms with E-state index < -0.39 is 11.5 Å². The SMILES string of the molecule is O=C(O)CC1(NC(=O)CCC(=O)c2ccccc2)CCOC1. The second-order valence-electron chi connectivity index (χ2n) is 5.49. The second kappa shape index (κ2) is 7.17. The van der Waals surface area contributed by atoms with E-state index in [1.807, 2.05) is 6.07 Å². The van der Waals surface area contributed by atoms with Gasteiger partial charge in [0.15, 0.2) is 5.78 Å². The molecule has 1 aromatic rings. The Labute approximate surface area is 128 Å². The van der Waals surface area contributed by atoms with Crippen LogP contribution in [0.25, 0.3) is 0 Å². The average molecular weight is 305 g/mol. The van der Waals surface area contributed by atoms with Crippen molar-refractivity contribution in [2.24, 2.45) is 0 Å². The number of carboxylic acid groups (broad SMARTS) is 1. The highest BCUT2D eigenvalue weighted by Crippen LogP contribution is 2.23. The molecule has 6 heteroatoms. The van der Waals surface area contributed by atoms with Crippen molar-refractivity contribution in [1.82, 2.24) is 5.32 Å². The molecule has 2 rings (SSSR count). The van der Waals surface area contributed by atoms with Gasteiger partial charge < -0.3 is 15.2 Å². The van der Waals surface area contributed by atoms with Gasteiger partial charge in [0.1, 0.15) is 0 Å². The maximum atomic E-state index is 12.0. The highest BCUT2D eigenvalue weighted by Gasteiger charge is 2.38. The molecule has 0 aliphatic carbocycles. The van der Waals surface area contributed by atoms with Crippen LogP contribution in [0.5, 0.6) is 0 Å². The van der Waals surface area contributed by atoms with Gasteiger partial charge in [-0.2, -0.15) is 0 Å². The predicted octanol–water partition coefficient (Wildman–Crippen LogP) is 1.40. The van der Waals surface area contributed by atoms with Crippen molar-refractivity contribution < 1.29 is 24.2 Å². The lowest BCUT2D eigenvalue weighted by Crippen LogP contribution is -2.50. The van der Waals surface area contributed by atoms with Crippen molar-refractivity contribution >= 4 is 17.7 Å². The Morgan fingerprint density at radius 3 is 2.50 bits per heavy atom. The normalized spacial score (nSPS) is 20.5. The molecule has 1 heterocycles. The molecule has 22 heavy (non-hydrogen) atoms. The summed E-state index contributed by atoms with van der Waals surface area (Å²) >= 11 is 0. The van der Waals surface area contributed by atoms with Gasteiger partial charge in [-0.15, -0.1) is 0 Å². The van der Waals surface area contributed by atoms with Crippen LogP contribution in [0, 0.1) is 0 Å². The molecule has 1 unspecified atom stereocenters. The van der Waals surface area contributed by atoms with Crippen molar-refractivity contribution in [3.05, 3.63) is 35.9 Å². The Balaban J connectivity index is 1.87. The van der Waals surface area contributed by atoms with Crippen LogP contribution in [0.1, 0.15) is 36.0 Å². The number of amides is 1. The Bertz CT molecular complexity index is 549. The second-order valence-corrected chi connectivity index (χ2v) is 5.49. The molecule has 1 aliphatic heterocycles. The number of ketones is 1. The van der Waals surface area contributed by atoms with Gasteiger partial charge in [0.2, 0.25) is 5.91 Å². The van der Waals surface area contributed by atoms with Gasteiger partial charge in [-0.1, -0.05) is 30.3 Å². The van der Waals surface area contributed by atoms with Crippen LogP contribution in [0.4, 0.5) is 0 Å². The van der Waals surface area contributed by atoms with Gasteiger partial charge >= 0.3 is 5.97 Å². The summed E-state index contributed by atoms with van der Waals surface area (Å²) in [4.78, 5) is 34.9. The molecule has 1 fully saturated rings. The maximum Gasteiger partial charge on any atom is 0.305 e. The standard InChI is InChI=1S/C16H19NO5/c18-13(12-4-2-1-3-5-12)6-7-14(19)17-16(10-15(20)21)8-9-22-11-16/h1-5H,6-11H2,(H,17,19)(H,20,21). The topological polar surface area (TPSA) is 92.7 Å². The van der Waals surface area contributed by atoms with Gasteiger partial charge in [0.05, 0.1) is 18.6 Å². The van der Waals surface area contributed by atoms with Crippen molar-refractivity contribution in [2.75, 3.05) is 13.2 Å². The van der Waals surface area contributed by atoms with Gasteiger partial charge in [0, 0.05) is 25.0 Å². The summed E-state index contributed by atoms with van der Waals surface area (Å²) in [5.74, 6) is -1.41. The number of benzene rings is 1. The summed E-state index contributed by atoms with van der Waals surface area (Å²) in [7, 11) is 0. The monoisotopic (exact) mass is 305 g/mol. The van der Waals surface area contributed by atoms with Gasteiger partial charge in [-0.05, 0) is 6.42 Å². The summed E-state index contributed by atoms with van der Waals surface area (Å²) in [6.07, 6.45) is 0.429. The van der Waals surface area contributed by atoms with Crippen molar-refractivity contribution in [2.45, 2.75) is 31.2 Å². The number of carbonyl (C=O) groups excluding carboxylic acids is 2. The molecule has 0 radical (unpaired) electrons. The Morgan fingerprint density at radius 1 is 1.18 bits per heavy atom. The van der Waals surface area contributed by atoms with E-state index in [0.29, 0.717) is 18.6 Å². The number of carboxylic acids is 1. The summed E-state index contributed by atoms with van der Waals surface area (Å²) in [5, 5.41) is 11.7. The van der Waals surface area contributed by atoms with Crippen LogP contribution in [0.2, 0.25) is 0 Å². The smallest absolute Gasteiger partial charge is 0.305 e. The molecule has 118 valence electrons. The molecule has 0 aromatic heterocycles. The van der Waals surface area contributed by atoms with Crippen LogP contribution in [-0.4, -0.2) is 41.5 Å². The molecule has 1 amide bonds. The third-order valence-electron chi connectivity index (χ3n) is 3.67. The first kappa shape index (κ1) is 16.2. The Kier molecular flexibility index (Phi) is 5.27. The number of aliphatic carboxylic acids is 1. The van der Waals surface area contributed by atoms with E-state index >= 15 is 0 Å². The van der Waals surface area contributed by atoms with E-state index in [-0.39, 0.29) is 37.6 Å². The maximum absolute atomic E-state index is 12.0. The molecule has 0 bridgehead atoms. The van der Waals surface area contributed by atoms with Crippen molar-refractivity contribution in [3.63, 3.8) is 0 Å². The summed E-state index contributed by atoms with van der Waals surface area (Å²) < 4.78 is 5.21. The molecule has 1 atom stereocenters. The number of rotatable bonds is 7. The van der Waals surface area contributed by atoms with E-state index in [2.05, 4.69) is 5.32 Å². The minimum absolute atomic E-state index is 0.0368. The van der Waals surface area contributed by atoms with E-state index in [4.69, 9.17) is 9.84 Å². The highest BCUT2D eigenvalue weighted by molar-refractivity contribution is 5.98. The molecule has 2 N–H and O–H groups in total. The largest absolute Gasteiger partial charge is 0.481 e. The predicted molar refractivity (Wildman–Crippen MR) is 78.6 cm³/mol. The Morgan fingerprint density at radius 2 is 1.91 bits per heavy atom. The van der Waals surface area contributed by atoms with Crippen LogP contribution in [0.3, 0.4) is 0 Å². The minimum Gasteiger partial charge on any atom is -0.481 e. The third-order valence-corrected chi connectivity index (χ3v) is 3.67. The minimum atomic E-state index is -0.980. The van der Waals surface area contributed by atoms with Crippen molar-refractivity contribution in [1.29, 1.82) is 0 Å².